The Morgan fingerprint density at radius 1 is 0.893 bits per heavy atom. The number of esters is 2. The first-order valence-electron chi connectivity index (χ1n) is 8.81. The summed E-state index contributed by atoms with van der Waals surface area (Å²) in [5.41, 5.74) is 0.698. The lowest BCUT2D eigenvalue weighted by Gasteiger charge is -2.23. The van der Waals surface area contributed by atoms with Crippen molar-refractivity contribution in [3.63, 3.8) is 0 Å². The molecule has 9 heteroatoms. The molecule has 2 amide bonds. The van der Waals surface area contributed by atoms with Crippen molar-refractivity contribution >= 4 is 23.8 Å². The molecule has 2 rings (SSSR count). The molecule has 0 aromatic heterocycles. The molecule has 28 heavy (non-hydrogen) atoms. The molecule has 1 aliphatic rings. The van der Waals surface area contributed by atoms with Crippen LogP contribution in [0, 0.1) is 0 Å². The fraction of sp³-hybridized carbons (Fsp3) is 0.474. The van der Waals surface area contributed by atoms with Crippen LogP contribution >= 0.6 is 0 Å². The minimum absolute atomic E-state index is 0.0139. The van der Waals surface area contributed by atoms with Gasteiger partial charge in [0.05, 0.1) is 43.6 Å². The molecule has 152 valence electrons. The molecule has 0 spiro atoms. The Morgan fingerprint density at radius 2 is 1.43 bits per heavy atom. The van der Waals surface area contributed by atoms with Gasteiger partial charge in [0, 0.05) is 13.8 Å². The average Bonchev–Trinajstić information content (AvgIpc) is 2.89. The number of imide groups is 1. The fourth-order valence-corrected chi connectivity index (χ4v) is 2.62. The van der Waals surface area contributed by atoms with Gasteiger partial charge in [-0.05, 0) is 12.1 Å². The van der Waals surface area contributed by atoms with Crippen molar-refractivity contribution < 1.29 is 38.1 Å². The van der Waals surface area contributed by atoms with Crippen LogP contribution in [0.4, 0.5) is 0 Å². The van der Waals surface area contributed by atoms with E-state index in [1.54, 1.807) is 24.3 Å². The van der Waals surface area contributed by atoms with Gasteiger partial charge in [-0.2, -0.15) is 0 Å². The zero-order valence-electron chi connectivity index (χ0n) is 15.8. The molecule has 1 heterocycles. The molecule has 0 radical (unpaired) electrons. The molecule has 1 aromatic carbocycles. The summed E-state index contributed by atoms with van der Waals surface area (Å²) in [5, 5.41) is 0. The Balaban J connectivity index is 1.92. The molecular formula is C19H23NO8. The van der Waals surface area contributed by atoms with E-state index in [-0.39, 0.29) is 39.6 Å². The number of benzene rings is 1. The topological polar surface area (TPSA) is 108 Å². The summed E-state index contributed by atoms with van der Waals surface area (Å²) in [4.78, 5) is 47.7. The van der Waals surface area contributed by atoms with Crippen LogP contribution in [-0.4, -0.2) is 74.3 Å². The lowest BCUT2D eigenvalue weighted by molar-refractivity contribution is -0.145. The number of nitrogens with zero attached hydrogens (tertiary/aromatic N) is 1. The summed E-state index contributed by atoms with van der Waals surface area (Å²) in [6.45, 7) is 2.99. The van der Waals surface area contributed by atoms with E-state index in [2.05, 4.69) is 0 Å². The first-order chi connectivity index (χ1) is 13.4. The first kappa shape index (κ1) is 21.5. The lowest BCUT2D eigenvalue weighted by atomic mass is 10.1. The fourth-order valence-electron chi connectivity index (χ4n) is 2.62. The van der Waals surface area contributed by atoms with Crippen LogP contribution in [0.2, 0.25) is 0 Å². The SMILES string of the molecule is CC(=O)OCCOCC(CN1C(=O)c2ccccc2C1=O)OCCOC(C)=O. The van der Waals surface area contributed by atoms with Crippen molar-refractivity contribution in [3.8, 4) is 0 Å². The third-order valence-electron chi connectivity index (χ3n) is 3.84. The Kier molecular flexibility index (Phi) is 8.09. The molecule has 1 atom stereocenters. The number of fused-ring (bicyclic) bond motifs is 1. The van der Waals surface area contributed by atoms with E-state index in [9.17, 15) is 19.2 Å². The smallest absolute Gasteiger partial charge is 0.302 e. The van der Waals surface area contributed by atoms with Gasteiger partial charge in [0.25, 0.3) is 11.8 Å². The van der Waals surface area contributed by atoms with E-state index < -0.39 is 29.9 Å². The highest BCUT2D eigenvalue weighted by molar-refractivity contribution is 6.21. The summed E-state index contributed by atoms with van der Waals surface area (Å²) < 4.78 is 20.6. The Labute approximate surface area is 162 Å². The van der Waals surface area contributed by atoms with E-state index >= 15 is 0 Å². The van der Waals surface area contributed by atoms with Crippen LogP contribution in [0.25, 0.3) is 0 Å². The van der Waals surface area contributed by atoms with Crippen molar-refractivity contribution in [1.29, 1.82) is 0 Å². The summed E-state index contributed by atoms with van der Waals surface area (Å²) in [7, 11) is 0. The molecule has 0 fully saturated rings. The second kappa shape index (κ2) is 10.5. The minimum Gasteiger partial charge on any atom is -0.463 e. The van der Waals surface area contributed by atoms with Gasteiger partial charge < -0.3 is 18.9 Å². The number of carbonyl (C=O) groups is 4. The standard InChI is InChI=1S/C19H23NO8/c1-13(21)26-8-7-25-12-15(28-10-9-27-14(2)22)11-20-18(23)16-5-3-4-6-17(16)19(20)24/h3-6,15H,7-12H2,1-2H3. The third kappa shape index (κ3) is 6.14. The van der Waals surface area contributed by atoms with Gasteiger partial charge >= 0.3 is 11.9 Å². The van der Waals surface area contributed by atoms with E-state index in [0.717, 1.165) is 4.90 Å². The summed E-state index contributed by atoms with van der Waals surface area (Å²) in [6, 6.07) is 6.58. The number of hydrogen-bond acceptors (Lipinski definition) is 8. The maximum Gasteiger partial charge on any atom is 0.302 e. The van der Waals surface area contributed by atoms with E-state index in [4.69, 9.17) is 18.9 Å². The van der Waals surface area contributed by atoms with Crippen LogP contribution in [0.1, 0.15) is 34.6 Å². The quantitative estimate of drug-likeness (QED) is 0.309. The summed E-state index contributed by atoms with van der Waals surface area (Å²) in [5.74, 6) is -1.63. The number of hydrogen-bond donors (Lipinski definition) is 0. The van der Waals surface area contributed by atoms with Gasteiger partial charge in [-0.3, -0.25) is 24.1 Å². The van der Waals surface area contributed by atoms with Crippen LogP contribution in [0.5, 0.6) is 0 Å². The van der Waals surface area contributed by atoms with E-state index in [0.29, 0.717) is 11.1 Å². The highest BCUT2D eigenvalue weighted by atomic mass is 16.6. The molecule has 9 nitrogen and oxygen atoms in total. The lowest BCUT2D eigenvalue weighted by Crippen LogP contribution is -2.40. The number of rotatable bonds is 11. The van der Waals surface area contributed by atoms with Crippen molar-refractivity contribution in [1.82, 2.24) is 4.90 Å². The molecule has 1 aliphatic heterocycles. The van der Waals surface area contributed by atoms with E-state index in [1.807, 2.05) is 0 Å². The Morgan fingerprint density at radius 3 is 1.96 bits per heavy atom. The first-order valence-corrected chi connectivity index (χ1v) is 8.81. The molecule has 0 aliphatic carbocycles. The molecule has 1 aromatic rings. The molecule has 1 unspecified atom stereocenters. The van der Waals surface area contributed by atoms with Gasteiger partial charge in [-0.25, -0.2) is 0 Å². The predicted octanol–water partition coefficient (Wildman–Crippen LogP) is 0.811. The highest BCUT2D eigenvalue weighted by Gasteiger charge is 2.36. The number of ether oxygens (including phenoxy) is 4. The van der Waals surface area contributed by atoms with Crippen LogP contribution in [0.3, 0.4) is 0 Å². The van der Waals surface area contributed by atoms with Crippen LogP contribution in [0.15, 0.2) is 24.3 Å². The van der Waals surface area contributed by atoms with Crippen LogP contribution < -0.4 is 0 Å². The minimum atomic E-state index is -0.630. The van der Waals surface area contributed by atoms with Gasteiger partial charge in [-0.1, -0.05) is 12.1 Å². The Bertz CT molecular complexity index is 697. The van der Waals surface area contributed by atoms with Crippen molar-refractivity contribution in [2.24, 2.45) is 0 Å². The van der Waals surface area contributed by atoms with E-state index in [1.165, 1.54) is 13.8 Å². The monoisotopic (exact) mass is 393 g/mol. The molecule has 0 saturated carbocycles. The largest absolute Gasteiger partial charge is 0.463 e. The maximum absolute atomic E-state index is 12.5. The zero-order valence-corrected chi connectivity index (χ0v) is 15.8. The van der Waals surface area contributed by atoms with Crippen molar-refractivity contribution in [2.45, 2.75) is 20.0 Å². The molecule has 0 saturated heterocycles. The van der Waals surface area contributed by atoms with Crippen molar-refractivity contribution in [2.75, 3.05) is 39.6 Å². The van der Waals surface area contributed by atoms with Gasteiger partial charge in [0.15, 0.2) is 0 Å². The van der Waals surface area contributed by atoms with Gasteiger partial charge in [0.1, 0.15) is 13.2 Å². The van der Waals surface area contributed by atoms with Gasteiger partial charge in [-0.15, -0.1) is 0 Å². The summed E-state index contributed by atoms with van der Waals surface area (Å²) >= 11 is 0. The zero-order chi connectivity index (χ0) is 20.5. The number of amides is 2. The second-order valence-electron chi connectivity index (χ2n) is 6.01. The molecule has 0 N–H and O–H groups in total. The van der Waals surface area contributed by atoms with Crippen LogP contribution in [-0.2, 0) is 28.5 Å². The van der Waals surface area contributed by atoms with Gasteiger partial charge in [0.2, 0.25) is 0 Å². The molecule has 0 bridgehead atoms. The summed E-state index contributed by atoms with van der Waals surface area (Å²) in [6.07, 6.45) is -0.630. The third-order valence-corrected chi connectivity index (χ3v) is 3.84. The predicted molar refractivity (Wildman–Crippen MR) is 95.6 cm³/mol. The maximum atomic E-state index is 12.5. The Hall–Kier alpha value is -2.78. The number of carbonyl (C=O) groups excluding carboxylic acids is 4. The normalized spacial score (nSPS) is 14.0. The highest BCUT2D eigenvalue weighted by Crippen LogP contribution is 2.22. The average molecular weight is 393 g/mol. The van der Waals surface area contributed by atoms with Crippen molar-refractivity contribution in [3.05, 3.63) is 35.4 Å². The second-order valence-corrected chi connectivity index (χ2v) is 6.01. The molecular weight excluding hydrogens is 370 g/mol.